The van der Waals surface area contributed by atoms with Gasteiger partial charge in [0, 0.05) is 17.6 Å². The summed E-state index contributed by atoms with van der Waals surface area (Å²) in [7, 11) is -2.57. The number of hydrogen-bond acceptors (Lipinski definition) is 2. The van der Waals surface area contributed by atoms with Crippen LogP contribution in [-0.2, 0) is 15.6 Å². The first kappa shape index (κ1) is 23.0. The maximum Gasteiger partial charge on any atom is 0.261 e. The van der Waals surface area contributed by atoms with Gasteiger partial charge in [-0.15, -0.1) is 0 Å². The number of nitrogens with zero attached hydrogens (tertiary/aromatic N) is 1. The molecule has 0 radical (unpaired) electrons. The molecule has 32 heavy (non-hydrogen) atoms. The molecule has 0 atom stereocenters. The van der Waals surface area contributed by atoms with E-state index >= 15 is 0 Å². The fourth-order valence-electron chi connectivity index (χ4n) is 4.55. The zero-order valence-electron chi connectivity index (χ0n) is 18.9. The summed E-state index contributed by atoms with van der Waals surface area (Å²) >= 11 is 3.45. The molecule has 3 aromatic rings. The van der Waals surface area contributed by atoms with Gasteiger partial charge >= 0.3 is 0 Å². The Labute approximate surface area is 200 Å². The van der Waals surface area contributed by atoms with Crippen LogP contribution in [0.1, 0.15) is 26.3 Å². The van der Waals surface area contributed by atoms with E-state index < -0.39 is 8.32 Å². The first-order chi connectivity index (χ1) is 15.3. The Morgan fingerprint density at radius 3 is 1.88 bits per heavy atom. The van der Waals surface area contributed by atoms with E-state index in [0.717, 1.165) is 10.0 Å². The summed E-state index contributed by atoms with van der Waals surface area (Å²) < 4.78 is 8.12. The van der Waals surface area contributed by atoms with Gasteiger partial charge in [-0.3, -0.25) is 4.79 Å². The summed E-state index contributed by atoms with van der Waals surface area (Å²) in [5.74, 6) is 0.162. The quantitative estimate of drug-likeness (QED) is 0.449. The molecular formula is C27H30BrNO2Si. The second-order valence-corrected chi connectivity index (χ2v) is 14.7. The standard InChI is InChI=1S/C27H30BrNO2Si/c1-27(2,3)32(24-10-6-4-7-11-24,25-12-8-5-9-13-25)31-23-19-29(20-23)26(30)18-21-14-16-22(28)17-15-21/h4-17,23H,18-20H2,1-3H3. The van der Waals surface area contributed by atoms with Gasteiger partial charge < -0.3 is 9.33 Å². The van der Waals surface area contributed by atoms with Gasteiger partial charge in [-0.2, -0.15) is 0 Å². The molecular weight excluding hydrogens is 478 g/mol. The van der Waals surface area contributed by atoms with E-state index in [4.69, 9.17) is 4.43 Å². The van der Waals surface area contributed by atoms with Gasteiger partial charge in [-0.25, -0.2) is 0 Å². The SMILES string of the molecule is CC(C)(C)[Si](OC1CN(C(=O)Cc2ccc(Br)cc2)C1)(c1ccccc1)c1ccccc1. The van der Waals surface area contributed by atoms with Crippen molar-refractivity contribution in [3.63, 3.8) is 0 Å². The van der Waals surface area contributed by atoms with E-state index in [2.05, 4.69) is 97.4 Å². The first-order valence-electron chi connectivity index (χ1n) is 11.1. The predicted octanol–water partition coefficient (Wildman–Crippen LogP) is 4.78. The zero-order chi connectivity index (χ0) is 22.8. The van der Waals surface area contributed by atoms with Crippen molar-refractivity contribution in [1.82, 2.24) is 4.90 Å². The first-order valence-corrected chi connectivity index (χ1v) is 13.8. The summed E-state index contributed by atoms with van der Waals surface area (Å²) in [4.78, 5) is 14.7. The normalized spacial score (nSPS) is 14.8. The van der Waals surface area contributed by atoms with Crippen LogP contribution in [0.25, 0.3) is 0 Å². The molecule has 166 valence electrons. The van der Waals surface area contributed by atoms with Crippen LogP contribution in [0.5, 0.6) is 0 Å². The van der Waals surface area contributed by atoms with Crippen molar-refractivity contribution < 1.29 is 9.22 Å². The number of rotatable bonds is 6. The maximum absolute atomic E-state index is 12.8. The second kappa shape index (κ2) is 9.34. The van der Waals surface area contributed by atoms with Crippen molar-refractivity contribution >= 4 is 40.5 Å². The Morgan fingerprint density at radius 2 is 1.41 bits per heavy atom. The number of amides is 1. The molecule has 0 aromatic heterocycles. The van der Waals surface area contributed by atoms with Gasteiger partial charge in [0.25, 0.3) is 8.32 Å². The van der Waals surface area contributed by atoms with Crippen LogP contribution < -0.4 is 10.4 Å². The summed E-state index contributed by atoms with van der Waals surface area (Å²) in [6, 6.07) is 29.3. The Balaban J connectivity index is 1.54. The van der Waals surface area contributed by atoms with Gasteiger partial charge in [0.05, 0.1) is 12.5 Å². The van der Waals surface area contributed by atoms with Crippen molar-refractivity contribution in [3.8, 4) is 0 Å². The molecule has 4 rings (SSSR count). The third-order valence-corrected chi connectivity index (χ3v) is 11.9. The minimum atomic E-state index is -2.57. The maximum atomic E-state index is 12.8. The third-order valence-electron chi connectivity index (χ3n) is 6.23. The Kier molecular flexibility index (Phi) is 6.70. The number of hydrogen-bond donors (Lipinski definition) is 0. The lowest BCUT2D eigenvalue weighted by molar-refractivity contribution is -0.139. The molecule has 0 N–H and O–H groups in total. The van der Waals surface area contributed by atoms with Gasteiger partial charge in [-0.1, -0.05) is 109 Å². The largest absolute Gasteiger partial charge is 0.401 e. The highest BCUT2D eigenvalue weighted by Gasteiger charge is 2.52. The second-order valence-electron chi connectivity index (χ2n) is 9.51. The van der Waals surface area contributed by atoms with Crippen LogP contribution in [0, 0.1) is 0 Å². The highest BCUT2D eigenvalue weighted by atomic mass is 79.9. The van der Waals surface area contributed by atoms with Gasteiger partial charge in [0.2, 0.25) is 5.91 Å². The van der Waals surface area contributed by atoms with Crippen molar-refractivity contribution in [2.45, 2.75) is 38.3 Å². The van der Waals surface area contributed by atoms with Crippen LogP contribution >= 0.6 is 15.9 Å². The Morgan fingerprint density at radius 1 is 0.906 bits per heavy atom. The molecule has 5 heteroatoms. The molecule has 1 fully saturated rings. The Hall–Kier alpha value is -2.21. The van der Waals surface area contributed by atoms with Gasteiger partial charge in [0.1, 0.15) is 0 Å². The summed E-state index contributed by atoms with van der Waals surface area (Å²) in [5, 5.41) is 2.49. The number of likely N-dealkylation sites (tertiary alicyclic amines) is 1. The molecule has 0 saturated carbocycles. The lowest BCUT2D eigenvalue weighted by Gasteiger charge is -2.49. The highest BCUT2D eigenvalue weighted by molar-refractivity contribution is 9.10. The molecule has 0 bridgehead atoms. The van der Waals surface area contributed by atoms with Crippen LogP contribution in [-0.4, -0.2) is 38.3 Å². The van der Waals surface area contributed by atoms with Crippen molar-refractivity contribution in [2.24, 2.45) is 0 Å². The van der Waals surface area contributed by atoms with Crippen LogP contribution in [0.3, 0.4) is 0 Å². The summed E-state index contributed by atoms with van der Waals surface area (Å²) in [6.07, 6.45) is 0.481. The zero-order valence-corrected chi connectivity index (χ0v) is 21.5. The van der Waals surface area contributed by atoms with E-state index in [9.17, 15) is 4.79 Å². The average Bonchev–Trinajstić information content (AvgIpc) is 2.75. The molecule has 0 spiro atoms. The van der Waals surface area contributed by atoms with Gasteiger partial charge in [-0.05, 0) is 33.1 Å². The minimum Gasteiger partial charge on any atom is -0.401 e. The Bertz CT molecular complexity index is 1000. The molecule has 1 saturated heterocycles. The summed E-state index contributed by atoms with van der Waals surface area (Å²) in [5.41, 5.74) is 1.04. The van der Waals surface area contributed by atoms with E-state index in [1.165, 1.54) is 10.4 Å². The van der Waals surface area contributed by atoms with Crippen molar-refractivity contribution in [3.05, 3.63) is 95.0 Å². The number of carbonyl (C=O) groups is 1. The van der Waals surface area contributed by atoms with Crippen molar-refractivity contribution in [1.29, 1.82) is 0 Å². The van der Waals surface area contributed by atoms with Crippen LogP contribution in [0.15, 0.2) is 89.4 Å². The predicted molar refractivity (Wildman–Crippen MR) is 137 cm³/mol. The monoisotopic (exact) mass is 507 g/mol. The molecule has 1 heterocycles. The molecule has 3 aromatic carbocycles. The fraction of sp³-hybridized carbons (Fsp3) is 0.296. The van der Waals surface area contributed by atoms with Gasteiger partial charge in [0.15, 0.2) is 0 Å². The molecule has 0 aliphatic carbocycles. The minimum absolute atomic E-state index is 0.0511. The fourth-order valence-corrected chi connectivity index (χ4v) is 9.47. The van der Waals surface area contributed by atoms with Crippen LogP contribution in [0.2, 0.25) is 5.04 Å². The molecule has 3 nitrogen and oxygen atoms in total. The number of halogens is 1. The number of carbonyl (C=O) groups excluding carboxylic acids is 1. The molecule has 1 amide bonds. The topological polar surface area (TPSA) is 29.5 Å². The lowest BCUT2D eigenvalue weighted by Crippen LogP contribution is -2.71. The third kappa shape index (κ3) is 4.61. The smallest absolute Gasteiger partial charge is 0.261 e. The average molecular weight is 509 g/mol. The molecule has 1 aliphatic heterocycles. The van der Waals surface area contributed by atoms with E-state index in [-0.39, 0.29) is 17.0 Å². The van der Waals surface area contributed by atoms with Crippen molar-refractivity contribution in [2.75, 3.05) is 13.1 Å². The number of benzene rings is 3. The molecule has 1 aliphatic rings. The lowest BCUT2D eigenvalue weighted by atomic mass is 10.1. The molecule has 0 unspecified atom stereocenters. The van der Waals surface area contributed by atoms with E-state index in [1.807, 2.05) is 29.2 Å². The van der Waals surface area contributed by atoms with Crippen LogP contribution in [0.4, 0.5) is 0 Å². The van der Waals surface area contributed by atoms with E-state index in [1.54, 1.807) is 0 Å². The highest BCUT2D eigenvalue weighted by Crippen LogP contribution is 2.38. The summed E-state index contributed by atoms with van der Waals surface area (Å²) in [6.45, 7) is 8.16. The van der Waals surface area contributed by atoms with E-state index in [0.29, 0.717) is 19.5 Å².